The van der Waals surface area contributed by atoms with Crippen LogP contribution in [0, 0.1) is 0 Å². The van der Waals surface area contributed by atoms with Crippen LogP contribution in [0.2, 0.25) is 0 Å². The fourth-order valence-corrected chi connectivity index (χ4v) is 3.28. The van der Waals surface area contributed by atoms with Crippen molar-refractivity contribution in [2.75, 3.05) is 5.32 Å². The van der Waals surface area contributed by atoms with Crippen molar-refractivity contribution in [3.05, 3.63) is 42.4 Å². The monoisotopic (exact) mass is 466 g/mol. The van der Waals surface area contributed by atoms with Gasteiger partial charge in [0.15, 0.2) is 0 Å². The largest absolute Gasteiger partial charge is 0.444 e. The second kappa shape index (κ2) is 8.58. The Morgan fingerprint density at radius 3 is 2.24 bits per heavy atom. The van der Waals surface area contributed by atoms with E-state index in [-0.39, 0.29) is 5.95 Å². The van der Waals surface area contributed by atoms with Gasteiger partial charge in [-0.25, -0.2) is 23.8 Å². The molecule has 4 rings (SSSR count). The number of aromatic nitrogens is 5. The summed E-state index contributed by atoms with van der Waals surface area (Å²) in [4.78, 5) is 29.6. The van der Waals surface area contributed by atoms with E-state index in [9.17, 15) is 9.59 Å². The maximum absolute atomic E-state index is 13.1. The Morgan fingerprint density at radius 1 is 1.00 bits per heavy atom. The summed E-state index contributed by atoms with van der Waals surface area (Å²) in [6.07, 6.45) is 4.38. The van der Waals surface area contributed by atoms with Crippen LogP contribution in [0.15, 0.2) is 36.7 Å². The van der Waals surface area contributed by atoms with Crippen molar-refractivity contribution in [1.29, 1.82) is 0 Å². The molecule has 0 unspecified atom stereocenters. The van der Waals surface area contributed by atoms with Gasteiger partial charge in [-0.2, -0.15) is 0 Å². The lowest BCUT2D eigenvalue weighted by atomic mass is 10.1. The van der Waals surface area contributed by atoms with Gasteiger partial charge in [0.1, 0.15) is 11.2 Å². The van der Waals surface area contributed by atoms with E-state index < -0.39 is 23.4 Å². The zero-order valence-electron chi connectivity index (χ0n) is 20.3. The third kappa shape index (κ3) is 5.62. The molecule has 0 saturated heterocycles. The van der Waals surface area contributed by atoms with Crippen molar-refractivity contribution in [3.8, 4) is 16.9 Å². The Hall–Kier alpha value is -3.69. The van der Waals surface area contributed by atoms with Crippen molar-refractivity contribution >= 4 is 18.1 Å². The zero-order valence-corrected chi connectivity index (χ0v) is 20.3. The van der Waals surface area contributed by atoms with Crippen LogP contribution in [0.25, 0.3) is 16.9 Å². The van der Waals surface area contributed by atoms with Gasteiger partial charge in [-0.1, -0.05) is 17.3 Å². The van der Waals surface area contributed by atoms with Gasteiger partial charge in [0.05, 0.1) is 29.5 Å². The highest BCUT2D eigenvalue weighted by Gasteiger charge is 2.28. The molecule has 10 nitrogen and oxygen atoms in total. The molecule has 34 heavy (non-hydrogen) atoms. The molecule has 0 spiro atoms. The zero-order chi connectivity index (χ0) is 24.7. The molecule has 0 radical (unpaired) electrons. The van der Waals surface area contributed by atoms with Crippen LogP contribution in [0.1, 0.15) is 66.0 Å². The van der Waals surface area contributed by atoms with Crippen molar-refractivity contribution in [2.45, 2.75) is 71.5 Å². The lowest BCUT2D eigenvalue weighted by Gasteiger charge is -2.22. The van der Waals surface area contributed by atoms with Crippen molar-refractivity contribution in [3.63, 3.8) is 0 Å². The molecule has 1 amide bonds. The highest BCUT2D eigenvalue weighted by molar-refractivity contribution is 5.89. The number of imidazole rings is 1. The first kappa shape index (κ1) is 23.5. The maximum Gasteiger partial charge on any atom is 0.421 e. The number of ether oxygens (including phenoxy) is 2. The van der Waals surface area contributed by atoms with Gasteiger partial charge in [0.25, 0.3) is 0 Å². The van der Waals surface area contributed by atoms with Crippen LogP contribution in [-0.2, 0) is 9.47 Å². The Bertz CT molecular complexity index is 1190. The van der Waals surface area contributed by atoms with Gasteiger partial charge in [-0.3, -0.25) is 5.32 Å². The first-order valence-electron chi connectivity index (χ1n) is 11.2. The van der Waals surface area contributed by atoms with Crippen LogP contribution < -0.4 is 5.32 Å². The number of anilines is 1. The molecule has 1 N–H and O–H groups in total. The third-order valence-corrected chi connectivity index (χ3v) is 4.88. The van der Waals surface area contributed by atoms with Crippen molar-refractivity contribution < 1.29 is 19.1 Å². The molecule has 1 aliphatic rings. The van der Waals surface area contributed by atoms with Gasteiger partial charge < -0.3 is 9.47 Å². The predicted molar refractivity (Wildman–Crippen MR) is 126 cm³/mol. The minimum Gasteiger partial charge on any atom is -0.444 e. The average molecular weight is 467 g/mol. The van der Waals surface area contributed by atoms with E-state index in [1.54, 1.807) is 46.2 Å². The van der Waals surface area contributed by atoms with Crippen LogP contribution in [0.4, 0.5) is 15.5 Å². The number of carbonyl (C=O) groups excluding carboxylic acids is 2. The van der Waals surface area contributed by atoms with Gasteiger partial charge in [0, 0.05) is 11.5 Å². The summed E-state index contributed by atoms with van der Waals surface area (Å²) in [7, 11) is 0. The molecule has 1 fully saturated rings. The molecule has 1 saturated carbocycles. The summed E-state index contributed by atoms with van der Waals surface area (Å²) in [5.74, 6) is 0.528. The highest BCUT2D eigenvalue weighted by atomic mass is 16.6. The lowest BCUT2D eigenvalue weighted by molar-refractivity contribution is 0.0542. The summed E-state index contributed by atoms with van der Waals surface area (Å²) in [5, 5.41) is 11.0. The SMILES string of the molecule is CC(C)(C)OC(=O)Nc1ncc(-c2ccc(-n3cc(C4CC4)nn3)cc2)n1C(=O)OC(C)(C)C. The van der Waals surface area contributed by atoms with Gasteiger partial charge >= 0.3 is 12.2 Å². The number of benzene rings is 1. The second-order valence-electron chi connectivity index (χ2n) is 10.3. The second-order valence-corrected chi connectivity index (χ2v) is 10.3. The minimum absolute atomic E-state index is 0.00734. The smallest absolute Gasteiger partial charge is 0.421 e. The summed E-state index contributed by atoms with van der Waals surface area (Å²) in [6.45, 7) is 10.6. The average Bonchev–Trinajstić information content (AvgIpc) is 3.29. The fraction of sp³-hybridized carbons (Fsp3) is 0.458. The molecule has 1 aromatic carbocycles. The summed E-state index contributed by atoms with van der Waals surface area (Å²) in [5.41, 5.74) is 1.58. The number of carbonyl (C=O) groups is 2. The van der Waals surface area contributed by atoms with Crippen LogP contribution >= 0.6 is 0 Å². The molecular weight excluding hydrogens is 436 g/mol. The normalized spacial score (nSPS) is 14.1. The third-order valence-electron chi connectivity index (χ3n) is 4.88. The van der Waals surface area contributed by atoms with E-state index in [0.717, 1.165) is 24.2 Å². The van der Waals surface area contributed by atoms with E-state index >= 15 is 0 Å². The molecule has 1 aliphatic carbocycles. The van der Waals surface area contributed by atoms with Crippen LogP contribution in [0.3, 0.4) is 0 Å². The van der Waals surface area contributed by atoms with Crippen molar-refractivity contribution in [2.24, 2.45) is 0 Å². The number of nitrogens with one attached hydrogen (secondary N) is 1. The van der Waals surface area contributed by atoms with Gasteiger partial charge in [0.2, 0.25) is 5.95 Å². The van der Waals surface area contributed by atoms with Gasteiger partial charge in [-0.15, -0.1) is 5.10 Å². The molecule has 0 atom stereocenters. The molecular formula is C24H30N6O4. The van der Waals surface area contributed by atoms with Crippen molar-refractivity contribution in [1.82, 2.24) is 24.5 Å². The number of amides is 1. The van der Waals surface area contributed by atoms with E-state index in [2.05, 4.69) is 20.6 Å². The quantitative estimate of drug-likeness (QED) is 0.566. The van der Waals surface area contributed by atoms with Crippen LogP contribution in [-0.4, -0.2) is 47.9 Å². The summed E-state index contributed by atoms with van der Waals surface area (Å²) >= 11 is 0. The molecule has 0 bridgehead atoms. The first-order valence-corrected chi connectivity index (χ1v) is 11.2. The molecule has 3 aromatic rings. The fourth-order valence-electron chi connectivity index (χ4n) is 3.28. The summed E-state index contributed by atoms with van der Waals surface area (Å²) < 4.78 is 13.8. The Labute approximate surface area is 198 Å². The summed E-state index contributed by atoms with van der Waals surface area (Å²) in [6, 6.07) is 7.47. The van der Waals surface area contributed by atoms with Gasteiger partial charge in [-0.05, 0) is 66.5 Å². The molecule has 10 heteroatoms. The van der Waals surface area contributed by atoms with E-state index in [0.29, 0.717) is 17.2 Å². The predicted octanol–water partition coefficient (Wildman–Crippen LogP) is 5.14. The standard InChI is InChI=1S/C24H30N6O4/c1-23(2,3)33-21(31)26-20-25-13-19(30(20)22(32)34-24(4,5)6)16-9-11-17(12-10-16)29-14-18(27-28-29)15-7-8-15/h9-15H,7-8H2,1-6H3,(H,25,26,31). The Kier molecular flexibility index (Phi) is 5.93. The van der Waals surface area contributed by atoms with E-state index in [1.165, 1.54) is 10.8 Å². The van der Waals surface area contributed by atoms with E-state index in [1.807, 2.05) is 30.5 Å². The topological polar surface area (TPSA) is 113 Å². The minimum atomic E-state index is -0.738. The molecule has 0 aliphatic heterocycles. The number of nitrogens with zero attached hydrogens (tertiary/aromatic N) is 5. The Balaban J connectivity index is 1.63. The number of rotatable bonds is 4. The van der Waals surface area contributed by atoms with E-state index in [4.69, 9.17) is 9.47 Å². The lowest BCUT2D eigenvalue weighted by Crippen LogP contribution is -2.31. The van der Waals surface area contributed by atoms with Crippen LogP contribution in [0.5, 0.6) is 0 Å². The number of hydrogen-bond acceptors (Lipinski definition) is 7. The highest BCUT2D eigenvalue weighted by Crippen LogP contribution is 2.38. The molecule has 2 heterocycles. The maximum atomic E-state index is 13.1. The first-order chi connectivity index (χ1) is 15.9. The molecule has 2 aromatic heterocycles. The molecule has 180 valence electrons. The number of hydrogen-bond donors (Lipinski definition) is 1. The Morgan fingerprint density at radius 2 is 1.65 bits per heavy atom.